The number of aryl methyl sites for hydroxylation is 4. The molecule has 0 N–H and O–H groups in total. The van der Waals surface area contributed by atoms with Crippen molar-refractivity contribution >= 4 is 19.3 Å². The van der Waals surface area contributed by atoms with Gasteiger partial charge >= 0.3 is 34.7 Å². The van der Waals surface area contributed by atoms with Crippen LogP contribution >= 0.6 is 19.3 Å². The van der Waals surface area contributed by atoms with E-state index in [-0.39, 0.29) is 0 Å². The molecule has 0 amide bonds. The predicted molar refractivity (Wildman–Crippen MR) is 113 cm³/mol. The van der Waals surface area contributed by atoms with Crippen molar-refractivity contribution in [2.75, 3.05) is 0 Å². The summed E-state index contributed by atoms with van der Waals surface area (Å²) in [6.07, 6.45) is 11.2. The van der Waals surface area contributed by atoms with Gasteiger partial charge in [0.15, 0.2) is 11.6 Å². The molecule has 4 rings (SSSR count). The summed E-state index contributed by atoms with van der Waals surface area (Å²) in [7, 11) is 9.81. The van der Waals surface area contributed by atoms with Crippen LogP contribution in [0.5, 0.6) is 0 Å². The van der Waals surface area contributed by atoms with E-state index in [1.54, 1.807) is 21.8 Å². The summed E-state index contributed by atoms with van der Waals surface area (Å²) in [5.74, 6) is 1.74. The van der Waals surface area contributed by atoms with Gasteiger partial charge in [0.1, 0.15) is 0 Å². The Morgan fingerprint density at radius 1 is 0.690 bits per heavy atom. The molecule has 154 valence electrons. The van der Waals surface area contributed by atoms with Gasteiger partial charge in [0.05, 0.1) is 12.4 Å². The van der Waals surface area contributed by atoms with E-state index >= 15 is 0 Å². The Labute approximate surface area is 186 Å². The maximum atomic E-state index is 4.90. The molecule has 4 aromatic rings. The van der Waals surface area contributed by atoms with Crippen molar-refractivity contribution in [1.29, 1.82) is 0 Å². The van der Waals surface area contributed by atoms with Crippen LogP contribution in [-0.4, -0.2) is 29.5 Å². The van der Waals surface area contributed by atoms with Crippen LogP contribution in [0.25, 0.3) is 11.6 Å². The second kappa shape index (κ2) is 11.8. The summed E-state index contributed by atoms with van der Waals surface area (Å²) < 4.78 is 3.56. The van der Waals surface area contributed by atoms with Gasteiger partial charge in [-0.2, -0.15) is 10.2 Å². The molecule has 0 aliphatic heterocycles. The first kappa shape index (κ1) is 23.2. The molecule has 0 atom stereocenters. The van der Waals surface area contributed by atoms with Crippen molar-refractivity contribution in [2.24, 2.45) is 0 Å². The Bertz CT molecular complexity index is 949. The fourth-order valence-electron chi connectivity index (χ4n) is 2.37. The van der Waals surface area contributed by atoms with Crippen molar-refractivity contribution < 1.29 is 15.4 Å². The van der Waals surface area contributed by atoms with Gasteiger partial charge in [-0.15, -0.1) is 0 Å². The SMILES string of the molecule is Cc1ccnc(-n2cc(C)cn2)c1.Cc1ccnc(-n2cc(C)cn2)c1.[Cl][Os][Cl]. The van der Waals surface area contributed by atoms with Crippen LogP contribution in [-0.2, 0) is 15.4 Å². The van der Waals surface area contributed by atoms with Crippen LogP contribution in [0.15, 0.2) is 61.4 Å². The van der Waals surface area contributed by atoms with Crippen LogP contribution in [0, 0.1) is 27.7 Å². The Kier molecular flexibility index (Phi) is 9.46. The van der Waals surface area contributed by atoms with Crippen molar-refractivity contribution in [2.45, 2.75) is 27.7 Å². The number of hydrogen-bond donors (Lipinski definition) is 0. The summed E-state index contributed by atoms with van der Waals surface area (Å²) in [5.41, 5.74) is 4.67. The van der Waals surface area contributed by atoms with Crippen LogP contribution in [0.1, 0.15) is 22.3 Å². The number of nitrogens with zero attached hydrogens (tertiary/aromatic N) is 6. The predicted octanol–water partition coefficient (Wildman–Crippen LogP) is 5.14. The first-order valence-electron chi connectivity index (χ1n) is 8.66. The fourth-order valence-corrected chi connectivity index (χ4v) is 2.37. The van der Waals surface area contributed by atoms with E-state index < -0.39 is 15.4 Å². The van der Waals surface area contributed by atoms with E-state index in [2.05, 4.69) is 20.2 Å². The van der Waals surface area contributed by atoms with Gasteiger partial charge in [0.25, 0.3) is 0 Å². The molecule has 0 saturated carbocycles. The van der Waals surface area contributed by atoms with Gasteiger partial charge in [0.2, 0.25) is 0 Å². The topological polar surface area (TPSA) is 61.4 Å². The summed E-state index contributed by atoms with van der Waals surface area (Å²) in [5, 5.41) is 8.36. The van der Waals surface area contributed by atoms with E-state index in [0.717, 1.165) is 22.8 Å². The molecule has 0 aliphatic carbocycles. The molecule has 0 aromatic carbocycles. The Hall–Kier alpha value is -2.06. The molecular weight excluding hydrogens is 585 g/mol. The van der Waals surface area contributed by atoms with Crippen molar-refractivity contribution in [3.05, 3.63) is 83.7 Å². The Morgan fingerprint density at radius 2 is 1.07 bits per heavy atom. The van der Waals surface area contributed by atoms with E-state index in [4.69, 9.17) is 19.3 Å². The Morgan fingerprint density at radius 3 is 1.34 bits per heavy atom. The monoisotopic (exact) mass is 608 g/mol. The van der Waals surface area contributed by atoms with Gasteiger partial charge in [-0.25, -0.2) is 19.3 Å². The second-order valence-corrected chi connectivity index (χ2v) is 10.0. The third-order valence-corrected chi connectivity index (χ3v) is 3.69. The molecule has 6 nitrogen and oxygen atoms in total. The number of aromatic nitrogens is 6. The maximum absolute atomic E-state index is 4.90. The normalized spacial score (nSPS) is 10.0. The zero-order valence-corrected chi connectivity index (χ0v) is 20.6. The van der Waals surface area contributed by atoms with Crippen LogP contribution in [0.4, 0.5) is 0 Å². The van der Waals surface area contributed by atoms with Crippen LogP contribution < -0.4 is 0 Å². The number of rotatable bonds is 2. The van der Waals surface area contributed by atoms with Gasteiger partial charge in [-0.1, -0.05) is 0 Å². The van der Waals surface area contributed by atoms with Crippen molar-refractivity contribution in [3.8, 4) is 11.6 Å². The second-order valence-electron chi connectivity index (χ2n) is 6.36. The van der Waals surface area contributed by atoms with Crippen LogP contribution in [0.2, 0.25) is 0 Å². The summed E-state index contributed by atoms with van der Waals surface area (Å²) >= 11 is -0.639. The summed E-state index contributed by atoms with van der Waals surface area (Å²) in [6, 6.07) is 7.96. The molecule has 29 heavy (non-hydrogen) atoms. The fraction of sp³-hybridized carbons (Fsp3) is 0.200. The third-order valence-electron chi connectivity index (χ3n) is 3.69. The molecule has 0 spiro atoms. The average molecular weight is 608 g/mol. The molecule has 9 heteroatoms. The van der Waals surface area contributed by atoms with Gasteiger partial charge < -0.3 is 0 Å². The van der Waals surface area contributed by atoms with E-state index in [0.29, 0.717) is 0 Å². The first-order valence-corrected chi connectivity index (χ1v) is 15.0. The van der Waals surface area contributed by atoms with E-state index in [1.165, 1.54) is 11.1 Å². The molecule has 0 unspecified atom stereocenters. The van der Waals surface area contributed by atoms with Crippen LogP contribution in [0.3, 0.4) is 0 Å². The zero-order valence-electron chi connectivity index (χ0n) is 16.6. The quantitative estimate of drug-likeness (QED) is 0.317. The zero-order chi connectivity index (χ0) is 21.2. The van der Waals surface area contributed by atoms with Gasteiger partial charge in [-0.3, -0.25) is 0 Å². The molecular formula is C20H22Cl2N6Os. The molecule has 4 aromatic heterocycles. The van der Waals surface area contributed by atoms with E-state index in [9.17, 15) is 0 Å². The van der Waals surface area contributed by atoms with Gasteiger partial charge in [-0.05, 0) is 74.2 Å². The average Bonchev–Trinajstić information content (AvgIpc) is 3.31. The Balaban J connectivity index is 0.000000183. The number of pyridine rings is 2. The number of hydrogen-bond acceptors (Lipinski definition) is 4. The molecule has 4 heterocycles. The molecule has 0 saturated heterocycles. The minimum absolute atomic E-state index is 0.639. The first-order chi connectivity index (χ1) is 13.9. The van der Waals surface area contributed by atoms with E-state index in [1.807, 2.05) is 76.7 Å². The summed E-state index contributed by atoms with van der Waals surface area (Å²) in [6.45, 7) is 8.11. The van der Waals surface area contributed by atoms with Crippen molar-refractivity contribution in [3.63, 3.8) is 0 Å². The summed E-state index contributed by atoms with van der Waals surface area (Å²) in [4.78, 5) is 8.45. The van der Waals surface area contributed by atoms with Crippen molar-refractivity contribution in [1.82, 2.24) is 29.5 Å². The number of halogens is 2. The third kappa shape index (κ3) is 7.70. The standard InChI is InChI=1S/2C10H11N3.2ClH.Os/c2*1-8-3-4-11-10(5-8)13-7-9(2)6-12-13;;;/h2*3-7H,1-2H3;2*1H;/q;;;;+2/p-2. The minimum atomic E-state index is -0.639. The molecule has 0 bridgehead atoms. The molecule has 0 aliphatic rings. The van der Waals surface area contributed by atoms with Gasteiger partial charge in [0, 0.05) is 24.8 Å². The molecule has 0 radical (unpaired) electrons. The molecule has 0 fully saturated rings.